The molecule has 0 aromatic rings. The molecule has 0 saturated carbocycles. The van der Waals surface area contributed by atoms with Gasteiger partial charge in [0.15, 0.2) is 0 Å². The number of rotatable bonds is 6. The van der Waals surface area contributed by atoms with Gasteiger partial charge in [-0.2, -0.15) is 0 Å². The molecule has 0 bridgehead atoms. The Morgan fingerprint density at radius 3 is 1.45 bits per heavy atom. The van der Waals surface area contributed by atoms with E-state index in [2.05, 4.69) is 13.8 Å². The van der Waals surface area contributed by atoms with Crippen LogP contribution in [0.4, 0.5) is 0 Å². The van der Waals surface area contributed by atoms with Crippen LogP contribution in [0, 0.1) is 0 Å². The van der Waals surface area contributed by atoms with Gasteiger partial charge in [-0.1, -0.05) is 0 Å². The first-order valence-corrected chi connectivity index (χ1v) is 8.89. The molecule has 11 heavy (non-hydrogen) atoms. The van der Waals surface area contributed by atoms with Crippen LogP contribution in [0.25, 0.3) is 0 Å². The van der Waals surface area contributed by atoms with Crippen LogP contribution in [0.2, 0.25) is 8.87 Å². The molecule has 1 radical (unpaired) electrons. The van der Waals surface area contributed by atoms with Gasteiger partial charge < -0.3 is 11.0 Å². The Labute approximate surface area is 80.6 Å². The Bertz CT molecular complexity index is 45.4. The fraction of sp³-hybridized carbons (Fsp3) is 1.00. The van der Waals surface area contributed by atoms with Gasteiger partial charge in [0.05, 0.1) is 0 Å². The summed E-state index contributed by atoms with van der Waals surface area (Å²) in [5.41, 5.74) is 0. The first kappa shape index (κ1) is 17.7. The van der Waals surface area contributed by atoms with Gasteiger partial charge in [-0.05, 0) is 0 Å². The maximum absolute atomic E-state index is 2.29. The molecule has 0 heterocycles. The normalized spacial score (nSPS) is 8.18. The number of hydrogen-bond acceptors (Lipinski definition) is 0. The van der Waals surface area contributed by atoms with Gasteiger partial charge in [0.1, 0.15) is 0 Å². The van der Waals surface area contributed by atoms with E-state index >= 15 is 0 Å². The van der Waals surface area contributed by atoms with Crippen molar-refractivity contribution in [3.05, 3.63) is 0 Å². The van der Waals surface area contributed by atoms with Crippen molar-refractivity contribution in [2.75, 3.05) is 0 Å². The summed E-state index contributed by atoms with van der Waals surface area (Å²) in [6, 6.07) is 0. The fourth-order valence-electron chi connectivity index (χ4n) is 0.841. The van der Waals surface area contributed by atoms with Gasteiger partial charge >= 0.3 is 69.5 Å². The maximum atomic E-state index is 2.29. The zero-order chi connectivity index (χ0) is 6.95. The summed E-state index contributed by atoms with van der Waals surface area (Å²) in [6.07, 6.45) is 5.87. The summed E-state index contributed by atoms with van der Waals surface area (Å²) in [7, 11) is 0. The van der Waals surface area contributed by atoms with Crippen molar-refractivity contribution in [1.29, 1.82) is 0 Å². The molecule has 0 aromatic carbocycles. The SMILES string of the molecule is CCC[CH2][SnH][CH2]CCC.O.O. The van der Waals surface area contributed by atoms with E-state index in [0.717, 1.165) is 0 Å². The zero-order valence-electron chi connectivity index (χ0n) is 7.82. The van der Waals surface area contributed by atoms with Crippen molar-refractivity contribution in [3.63, 3.8) is 0 Å². The summed E-state index contributed by atoms with van der Waals surface area (Å²) < 4.78 is 3.29. The molecule has 0 fully saturated rings. The topological polar surface area (TPSA) is 63.0 Å². The van der Waals surface area contributed by atoms with Gasteiger partial charge in [0, 0.05) is 0 Å². The number of unbranched alkanes of at least 4 members (excludes halogenated alkanes) is 2. The quantitative estimate of drug-likeness (QED) is 0.514. The van der Waals surface area contributed by atoms with Crippen LogP contribution in [0.5, 0.6) is 0 Å². The van der Waals surface area contributed by atoms with Crippen LogP contribution in [0.15, 0.2) is 0 Å². The first-order valence-electron chi connectivity index (χ1n) is 4.23. The monoisotopic (exact) mass is 271 g/mol. The van der Waals surface area contributed by atoms with Crippen molar-refractivity contribution in [3.8, 4) is 0 Å². The summed E-state index contributed by atoms with van der Waals surface area (Å²) in [6.45, 7) is 4.59. The smallest absolute Gasteiger partial charge is 0.412 e. The number of hydrogen-bond donors (Lipinski definition) is 0. The van der Waals surface area contributed by atoms with E-state index < -0.39 is 0 Å². The fourth-order valence-corrected chi connectivity index (χ4v) is 5.64. The van der Waals surface area contributed by atoms with Crippen molar-refractivity contribution in [2.24, 2.45) is 0 Å². The molecule has 0 atom stereocenters. The van der Waals surface area contributed by atoms with Gasteiger partial charge in [-0.15, -0.1) is 0 Å². The minimum atomic E-state index is -0.00469. The molecule has 71 valence electrons. The Morgan fingerprint density at radius 2 is 1.18 bits per heavy atom. The van der Waals surface area contributed by atoms with E-state index in [1.54, 1.807) is 8.87 Å². The molecule has 4 N–H and O–H groups in total. The Balaban J connectivity index is -0.000000320. The van der Waals surface area contributed by atoms with Crippen molar-refractivity contribution < 1.29 is 11.0 Å². The summed E-state index contributed by atoms with van der Waals surface area (Å²) in [5, 5.41) is 0. The Morgan fingerprint density at radius 1 is 0.818 bits per heavy atom. The van der Waals surface area contributed by atoms with E-state index in [9.17, 15) is 0 Å². The predicted octanol–water partition coefficient (Wildman–Crippen LogP) is 1.21. The molecular weight excluding hydrogens is 247 g/mol. The average molecular weight is 270 g/mol. The summed E-state index contributed by atoms with van der Waals surface area (Å²) in [4.78, 5) is 0. The molecule has 0 aromatic heterocycles. The largest absolute Gasteiger partial charge is 0.412 e. The molecule has 2 nitrogen and oxygen atoms in total. The van der Waals surface area contributed by atoms with E-state index in [1.165, 1.54) is 25.7 Å². The van der Waals surface area contributed by atoms with Crippen LogP contribution in [0.3, 0.4) is 0 Å². The van der Waals surface area contributed by atoms with E-state index in [1.807, 2.05) is 0 Å². The Hall–Kier alpha value is 0.719. The third-order valence-electron chi connectivity index (χ3n) is 1.52. The van der Waals surface area contributed by atoms with Crippen molar-refractivity contribution in [1.82, 2.24) is 0 Å². The molecular formula is C8H23O2Sn. The van der Waals surface area contributed by atoms with Crippen LogP contribution >= 0.6 is 0 Å². The first-order chi connectivity index (χ1) is 4.41. The van der Waals surface area contributed by atoms with Gasteiger partial charge in [0.25, 0.3) is 0 Å². The zero-order valence-corrected chi connectivity index (χ0v) is 11.1. The predicted molar refractivity (Wildman–Crippen MR) is 53.8 cm³/mol. The van der Waals surface area contributed by atoms with Crippen LogP contribution in [-0.4, -0.2) is 32.1 Å². The van der Waals surface area contributed by atoms with Gasteiger partial charge in [-0.25, -0.2) is 0 Å². The van der Waals surface area contributed by atoms with Crippen molar-refractivity contribution >= 4 is 21.1 Å². The molecule has 0 aliphatic heterocycles. The third kappa shape index (κ3) is 18.0. The maximum Gasteiger partial charge on any atom is -0.412 e. The second kappa shape index (κ2) is 17.0. The van der Waals surface area contributed by atoms with Crippen molar-refractivity contribution in [2.45, 2.75) is 48.4 Å². The molecule has 0 spiro atoms. The minimum Gasteiger partial charge on any atom is -0.412 e. The minimum absolute atomic E-state index is 0. The molecule has 0 amide bonds. The summed E-state index contributed by atoms with van der Waals surface area (Å²) >= 11 is -0.00469. The van der Waals surface area contributed by atoms with Gasteiger partial charge in [0.2, 0.25) is 0 Å². The average Bonchev–Trinajstić information content (AvgIpc) is 1.89. The molecule has 0 aliphatic rings. The third-order valence-corrected chi connectivity index (χ3v) is 6.18. The molecule has 0 saturated heterocycles. The molecule has 3 heteroatoms. The molecule has 0 unspecified atom stereocenters. The van der Waals surface area contributed by atoms with Crippen LogP contribution in [0.1, 0.15) is 39.5 Å². The van der Waals surface area contributed by atoms with Crippen LogP contribution < -0.4 is 0 Å². The molecule has 0 aliphatic carbocycles. The Kier molecular flexibility index (Phi) is 27.4. The van der Waals surface area contributed by atoms with E-state index in [-0.39, 0.29) is 32.1 Å². The second-order valence-corrected chi connectivity index (χ2v) is 7.52. The van der Waals surface area contributed by atoms with Crippen LogP contribution in [-0.2, 0) is 0 Å². The second-order valence-electron chi connectivity index (χ2n) is 2.57. The van der Waals surface area contributed by atoms with Gasteiger partial charge in [-0.3, -0.25) is 0 Å². The van der Waals surface area contributed by atoms with E-state index in [4.69, 9.17) is 0 Å². The standard InChI is InChI=1S/2C4H9.2H2O.Sn.H/c2*1-3-4-2;;;;/h2*1,3-4H2,2H3;2*1H2;;. The molecule has 0 rings (SSSR count). The van der Waals surface area contributed by atoms with E-state index in [0.29, 0.717) is 0 Å². The summed E-state index contributed by atoms with van der Waals surface area (Å²) in [5.74, 6) is 0.